The van der Waals surface area contributed by atoms with Gasteiger partial charge in [0.25, 0.3) is 0 Å². The van der Waals surface area contributed by atoms with Gasteiger partial charge in [-0.25, -0.2) is 0 Å². The Morgan fingerprint density at radius 2 is 2.38 bits per heavy atom. The molecule has 0 unspecified atom stereocenters. The normalized spacial score (nSPS) is 9.50. The van der Waals surface area contributed by atoms with Gasteiger partial charge in [-0.05, 0) is 12.8 Å². The van der Waals surface area contributed by atoms with Crippen LogP contribution in [0.3, 0.4) is 0 Å². The number of ether oxygens (including phenoxy) is 1. The summed E-state index contributed by atoms with van der Waals surface area (Å²) in [5, 5.41) is 0. The van der Waals surface area contributed by atoms with Gasteiger partial charge >= 0.3 is 0 Å². The summed E-state index contributed by atoms with van der Waals surface area (Å²) in [7, 11) is 1.16. The van der Waals surface area contributed by atoms with Crippen LogP contribution < -0.4 is 0 Å². The highest BCUT2D eigenvalue weighted by Crippen LogP contribution is 1.88. The van der Waals surface area contributed by atoms with Crippen LogP contribution in [0.4, 0.5) is 0 Å². The van der Waals surface area contributed by atoms with Crippen molar-refractivity contribution in [2.45, 2.75) is 12.8 Å². The molecule has 8 heavy (non-hydrogen) atoms. The van der Waals surface area contributed by atoms with Crippen LogP contribution in [0.25, 0.3) is 0 Å². The molecule has 0 fully saturated rings. The van der Waals surface area contributed by atoms with Gasteiger partial charge < -0.3 is 4.74 Å². The van der Waals surface area contributed by atoms with Crippen molar-refractivity contribution < 1.29 is 4.74 Å². The van der Waals surface area contributed by atoms with Crippen LogP contribution in [0, 0.1) is 0 Å². The smallest absolute Gasteiger partial charge is 0.0464 e. The molecule has 0 aromatic rings. The van der Waals surface area contributed by atoms with E-state index in [4.69, 9.17) is 4.74 Å². The van der Waals surface area contributed by atoms with E-state index in [0.29, 0.717) is 0 Å². The molecule has 0 bridgehead atoms. The molecule has 0 saturated heterocycles. The highest BCUT2D eigenvalue weighted by Gasteiger charge is 1.80. The van der Waals surface area contributed by atoms with Crippen LogP contribution in [0.2, 0.25) is 0 Å². The third kappa shape index (κ3) is 5.92. The fraction of sp³-hybridized carbons (Fsp3) is 0.667. The zero-order chi connectivity index (χ0) is 6.24. The molecule has 0 aromatic heterocycles. The maximum absolute atomic E-state index is 5.15. The van der Waals surface area contributed by atoms with Gasteiger partial charge in [0.05, 0.1) is 0 Å². The third-order valence-corrected chi connectivity index (χ3v) is 1.31. The molecule has 1 nitrogen and oxygen atoms in total. The molecule has 0 radical (unpaired) electrons. The lowest BCUT2D eigenvalue weighted by Gasteiger charge is -1.95. The average Bonchev–Trinajstić information content (AvgIpc) is 1.81. The molecule has 2 heteroatoms. The molecule has 0 saturated carbocycles. The Labute approximate surface area is 54.2 Å². The lowest BCUT2D eigenvalue weighted by atomic mass is 10.3. The molecule has 0 aliphatic carbocycles. The number of unbranched alkanes of at least 4 members (excludes halogenated alkanes) is 1. The van der Waals surface area contributed by atoms with E-state index < -0.39 is 0 Å². The summed E-state index contributed by atoms with van der Waals surface area (Å²) >= 11 is 0. The minimum atomic E-state index is 0.912. The Balaban J connectivity index is 2.62. The Morgan fingerprint density at radius 1 is 1.62 bits per heavy atom. The minimum Gasteiger partial charge on any atom is -0.386 e. The van der Waals surface area contributed by atoms with Gasteiger partial charge in [0.2, 0.25) is 0 Å². The first-order chi connectivity index (χ1) is 3.91. The first-order valence-electron chi connectivity index (χ1n) is 3.10. The maximum Gasteiger partial charge on any atom is 0.0464 e. The lowest BCUT2D eigenvalue weighted by molar-refractivity contribution is 0.176. The van der Waals surface area contributed by atoms with E-state index in [1.807, 2.05) is 6.08 Å². The highest BCUT2D eigenvalue weighted by atomic mass is 28.1. The van der Waals surface area contributed by atoms with Gasteiger partial charge in [0.1, 0.15) is 0 Å². The van der Waals surface area contributed by atoms with Crippen molar-refractivity contribution >= 4 is 10.2 Å². The Kier molecular flexibility index (Phi) is 6.85. The molecule has 0 aliphatic heterocycles. The van der Waals surface area contributed by atoms with E-state index in [-0.39, 0.29) is 0 Å². The first kappa shape index (κ1) is 7.92. The second-order valence-corrected chi connectivity index (χ2v) is 2.21. The van der Waals surface area contributed by atoms with Gasteiger partial charge in [-0.3, -0.25) is 0 Å². The molecular formula is C6H14OSi. The Morgan fingerprint density at radius 3 is 2.88 bits per heavy atom. The molecule has 0 spiro atoms. The van der Waals surface area contributed by atoms with Crippen LogP contribution >= 0.6 is 0 Å². The van der Waals surface area contributed by atoms with Crippen LogP contribution in [-0.4, -0.2) is 23.1 Å². The molecule has 48 valence electrons. The summed E-state index contributed by atoms with van der Waals surface area (Å²) < 4.78 is 5.15. The van der Waals surface area contributed by atoms with Gasteiger partial charge in [-0.15, -0.1) is 6.58 Å². The summed E-state index contributed by atoms with van der Waals surface area (Å²) in [6, 6.07) is 0. The number of hydrogen-bond donors (Lipinski definition) is 0. The van der Waals surface area contributed by atoms with E-state index >= 15 is 0 Å². The molecule has 0 amide bonds. The van der Waals surface area contributed by atoms with E-state index in [1.54, 1.807) is 0 Å². The number of hydrogen-bond acceptors (Lipinski definition) is 1. The maximum atomic E-state index is 5.15. The zero-order valence-electron chi connectivity index (χ0n) is 5.52. The van der Waals surface area contributed by atoms with Crippen molar-refractivity contribution in [1.29, 1.82) is 0 Å². The standard InChI is InChI=1S/C6H14OSi/c1-2-3-4-5-7-6-8/h2H,1,3-6H2,8H3. The Bertz CT molecular complexity index is 54.5. The Hall–Kier alpha value is -0.0831. The number of rotatable bonds is 5. The average molecular weight is 130 g/mol. The third-order valence-electron chi connectivity index (χ3n) is 0.901. The molecular weight excluding hydrogens is 116 g/mol. The predicted octanol–water partition coefficient (Wildman–Crippen LogP) is 0.292. The van der Waals surface area contributed by atoms with Crippen LogP contribution in [0.1, 0.15) is 12.8 Å². The van der Waals surface area contributed by atoms with Crippen molar-refractivity contribution in [3.05, 3.63) is 12.7 Å². The van der Waals surface area contributed by atoms with Gasteiger partial charge in [0, 0.05) is 23.1 Å². The van der Waals surface area contributed by atoms with Crippen molar-refractivity contribution in [3.8, 4) is 0 Å². The van der Waals surface area contributed by atoms with Crippen molar-refractivity contribution in [2.75, 3.05) is 12.8 Å². The molecule has 0 aromatic carbocycles. The quantitative estimate of drug-likeness (QED) is 0.295. The molecule has 0 heterocycles. The van der Waals surface area contributed by atoms with Crippen molar-refractivity contribution in [2.24, 2.45) is 0 Å². The predicted molar refractivity (Wildman–Crippen MR) is 40.2 cm³/mol. The molecule has 0 rings (SSSR count). The largest absolute Gasteiger partial charge is 0.386 e. The van der Waals surface area contributed by atoms with E-state index in [1.165, 1.54) is 0 Å². The van der Waals surface area contributed by atoms with E-state index in [9.17, 15) is 0 Å². The van der Waals surface area contributed by atoms with Crippen LogP contribution in [-0.2, 0) is 4.74 Å². The van der Waals surface area contributed by atoms with E-state index in [2.05, 4.69) is 6.58 Å². The van der Waals surface area contributed by atoms with Crippen molar-refractivity contribution in [3.63, 3.8) is 0 Å². The van der Waals surface area contributed by atoms with Gasteiger partial charge in [0.15, 0.2) is 0 Å². The van der Waals surface area contributed by atoms with Crippen molar-refractivity contribution in [1.82, 2.24) is 0 Å². The van der Waals surface area contributed by atoms with Crippen LogP contribution in [0.15, 0.2) is 12.7 Å². The summed E-state index contributed by atoms with van der Waals surface area (Å²) in [5.41, 5.74) is 0. The highest BCUT2D eigenvalue weighted by molar-refractivity contribution is 6.08. The fourth-order valence-corrected chi connectivity index (χ4v) is 0.763. The van der Waals surface area contributed by atoms with Gasteiger partial charge in [-0.1, -0.05) is 6.08 Å². The summed E-state index contributed by atoms with van der Waals surface area (Å²) in [6.07, 6.45) is 5.11. The second-order valence-electron chi connectivity index (χ2n) is 1.63. The molecule has 0 atom stereocenters. The fourth-order valence-electron chi connectivity index (χ4n) is 0.474. The number of allylic oxidation sites excluding steroid dienone is 1. The topological polar surface area (TPSA) is 9.23 Å². The summed E-state index contributed by atoms with van der Waals surface area (Å²) in [6.45, 7) is 4.52. The molecule has 0 N–H and O–H groups in total. The second kappa shape index (κ2) is 6.92. The lowest BCUT2D eigenvalue weighted by Crippen LogP contribution is -1.94. The van der Waals surface area contributed by atoms with Gasteiger partial charge in [-0.2, -0.15) is 0 Å². The van der Waals surface area contributed by atoms with Crippen LogP contribution in [0.5, 0.6) is 0 Å². The first-order valence-corrected chi connectivity index (χ1v) is 4.52. The minimum absolute atomic E-state index is 0.912. The summed E-state index contributed by atoms with van der Waals surface area (Å²) in [4.78, 5) is 0. The monoisotopic (exact) mass is 130 g/mol. The summed E-state index contributed by atoms with van der Waals surface area (Å²) in [5.74, 6) is 0. The molecule has 0 aliphatic rings. The zero-order valence-corrected chi connectivity index (χ0v) is 7.52. The van der Waals surface area contributed by atoms with E-state index in [0.717, 1.165) is 35.9 Å². The SMILES string of the molecule is C=CCCCOC[SiH3].